The Hall–Kier alpha value is -2.77. The van der Waals surface area contributed by atoms with Crippen LogP contribution < -0.4 is 15.4 Å². The number of carbonyl (C=O) groups excluding carboxylic acids is 1. The second kappa shape index (κ2) is 8.55. The van der Waals surface area contributed by atoms with Gasteiger partial charge in [-0.15, -0.1) is 0 Å². The Bertz CT molecular complexity index is 706. The zero-order valence-electron chi connectivity index (χ0n) is 14.4. The lowest BCUT2D eigenvalue weighted by Crippen LogP contribution is -2.38. The summed E-state index contributed by atoms with van der Waals surface area (Å²) >= 11 is 0. The summed E-state index contributed by atoms with van der Waals surface area (Å²) in [6.07, 6.45) is -2.73. The number of nitrogens with one attached hydrogen (secondary N) is 2. The molecule has 26 heavy (non-hydrogen) atoms. The lowest BCUT2D eigenvalue weighted by atomic mass is 10.1. The number of aromatic nitrogens is 1. The highest BCUT2D eigenvalue weighted by Gasteiger charge is 2.28. The lowest BCUT2D eigenvalue weighted by Gasteiger charge is -2.18. The molecule has 0 aliphatic rings. The average molecular weight is 367 g/mol. The number of amides is 2. The zero-order chi connectivity index (χ0) is 19.2. The van der Waals surface area contributed by atoms with Gasteiger partial charge >= 0.3 is 12.2 Å². The summed E-state index contributed by atoms with van der Waals surface area (Å²) in [4.78, 5) is 16.3. The maximum absolute atomic E-state index is 12.1. The van der Waals surface area contributed by atoms with Crippen molar-refractivity contribution in [3.8, 4) is 5.75 Å². The average Bonchev–Trinajstić information content (AvgIpc) is 2.60. The van der Waals surface area contributed by atoms with Gasteiger partial charge in [0.15, 0.2) is 6.61 Å². The monoisotopic (exact) mass is 367 g/mol. The van der Waals surface area contributed by atoms with Gasteiger partial charge in [-0.25, -0.2) is 4.79 Å². The molecule has 0 aliphatic carbocycles. The molecule has 2 atom stereocenters. The van der Waals surface area contributed by atoms with Crippen molar-refractivity contribution in [3.63, 3.8) is 0 Å². The largest absolute Gasteiger partial charge is 0.484 e. The number of pyridine rings is 1. The highest BCUT2D eigenvalue weighted by atomic mass is 19.4. The van der Waals surface area contributed by atoms with Gasteiger partial charge in [0.1, 0.15) is 5.75 Å². The number of alkyl halides is 3. The fraction of sp³-hybridized carbons (Fsp3) is 0.333. The molecule has 0 bridgehead atoms. The fourth-order valence-corrected chi connectivity index (χ4v) is 2.24. The van der Waals surface area contributed by atoms with Gasteiger partial charge in [0.25, 0.3) is 0 Å². The predicted molar refractivity (Wildman–Crippen MR) is 90.7 cm³/mol. The maximum Gasteiger partial charge on any atom is 0.422 e. The van der Waals surface area contributed by atoms with Crippen LogP contribution in [0.3, 0.4) is 0 Å². The minimum absolute atomic E-state index is 0.117. The van der Waals surface area contributed by atoms with Gasteiger partial charge < -0.3 is 15.4 Å². The molecular formula is C18H20F3N3O2. The number of hydrogen-bond donors (Lipinski definition) is 2. The molecular weight excluding hydrogens is 347 g/mol. The number of rotatable bonds is 6. The molecule has 0 fully saturated rings. The van der Waals surface area contributed by atoms with E-state index in [4.69, 9.17) is 0 Å². The van der Waals surface area contributed by atoms with Crippen LogP contribution in [0.15, 0.2) is 48.7 Å². The van der Waals surface area contributed by atoms with Crippen LogP contribution in [0, 0.1) is 0 Å². The summed E-state index contributed by atoms with van der Waals surface area (Å²) in [6.45, 7) is 2.25. The van der Waals surface area contributed by atoms with Crippen LogP contribution in [-0.2, 0) is 0 Å². The van der Waals surface area contributed by atoms with Crippen LogP contribution in [0.2, 0.25) is 0 Å². The van der Waals surface area contributed by atoms with E-state index in [1.165, 1.54) is 12.1 Å². The number of benzene rings is 1. The smallest absolute Gasteiger partial charge is 0.422 e. The molecule has 2 amide bonds. The summed E-state index contributed by atoms with van der Waals surface area (Å²) < 4.78 is 41.1. The van der Waals surface area contributed by atoms with E-state index in [1.807, 2.05) is 19.1 Å². The minimum Gasteiger partial charge on any atom is -0.484 e. The van der Waals surface area contributed by atoms with Crippen molar-refractivity contribution >= 4 is 6.03 Å². The predicted octanol–water partition coefficient (Wildman–Crippen LogP) is 4.14. The van der Waals surface area contributed by atoms with Gasteiger partial charge in [0.05, 0.1) is 17.8 Å². The van der Waals surface area contributed by atoms with Crippen LogP contribution >= 0.6 is 0 Å². The van der Waals surface area contributed by atoms with E-state index in [0.717, 1.165) is 11.3 Å². The molecule has 2 N–H and O–H groups in total. The van der Waals surface area contributed by atoms with Gasteiger partial charge in [0.2, 0.25) is 0 Å². The summed E-state index contributed by atoms with van der Waals surface area (Å²) in [5.41, 5.74) is 1.48. The van der Waals surface area contributed by atoms with E-state index in [0.29, 0.717) is 0 Å². The van der Waals surface area contributed by atoms with Crippen LogP contribution in [0.5, 0.6) is 5.75 Å². The number of hydrogen-bond acceptors (Lipinski definition) is 3. The molecule has 5 nitrogen and oxygen atoms in total. The van der Waals surface area contributed by atoms with E-state index in [9.17, 15) is 18.0 Å². The molecule has 0 radical (unpaired) electrons. The van der Waals surface area contributed by atoms with E-state index in [2.05, 4.69) is 20.4 Å². The standard InChI is InChI=1S/C18H20F3N3O2/c1-12(14-6-8-15(9-7-14)26-11-18(19,20)21)23-17(25)24-13(2)16-5-3-4-10-22-16/h3-10,12-13H,11H2,1-2H3,(H2,23,24,25). The summed E-state index contributed by atoms with van der Waals surface area (Å²) in [6, 6.07) is 10.6. The molecule has 1 heterocycles. The molecule has 2 rings (SSSR count). The van der Waals surface area contributed by atoms with Gasteiger partial charge in [-0.3, -0.25) is 4.98 Å². The molecule has 2 unspecified atom stereocenters. The second-order valence-electron chi connectivity index (χ2n) is 5.79. The van der Waals surface area contributed by atoms with E-state index >= 15 is 0 Å². The Kier molecular flexibility index (Phi) is 6.43. The lowest BCUT2D eigenvalue weighted by molar-refractivity contribution is -0.153. The van der Waals surface area contributed by atoms with E-state index < -0.39 is 12.8 Å². The van der Waals surface area contributed by atoms with E-state index in [-0.39, 0.29) is 23.9 Å². The SMILES string of the molecule is CC(NC(=O)NC(C)c1ccccn1)c1ccc(OCC(F)(F)F)cc1. The molecule has 8 heteroatoms. The number of carbonyl (C=O) groups is 1. The van der Waals surface area contributed by atoms with Crippen molar-refractivity contribution < 1.29 is 22.7 Å². The molecule has 1 aromatic heterocycles. The van der Waals surface area contributed by atoms with Crippen molar-refractivity contribution in [2.24, 2.45) is 0 Å². The van der Waals surface area contributed by atoms with Gasteiger partial charge in [0, 0.05) is 6.20 Å². The molecule has 2 aromatic rings. The summed E-state index contributed by atoms with van der Waals surface area (Å²) in [7, 11) is 0. The Morgan fingerprint density at radius 3 is 2.31 bits per heavy atom. The van der Waals surface area contributed by atoms with Crippen LogP contribution in [-0.4, -0.2) is 23.8 Å². The quantitative estimate of drug-likeness (QED) is 0.806. The minimum atomic E-state index is -4.38. The molecule has 0 spiro atoms. The third-order valence-corrected chi connectivity index (χ3v) is 3.61. The Labute approximate surface area is 149 Å². The van der Waals surface area contributed by atoms with Gasteiger partial charge in [-0.2, -0.15) is 13.2 Å². The summed E-state index contributed by atoms with van der Waals surface area (Å²) in [5.74, 6) is 0.117. The first-order valence-corrected chi connectivity index (χ1v) is 8.02. The number of ether oxygens (including phenoxy) is 1. The van der Waals surface area contributed by atoms with Crippen molar-refractivity contribution in [1.29, 1.82) is 0 Å². The number of nitrogens with zero attached hydrogens (tertiary/aromatic N) is 1. The van der Waals surface area contributed by atoms with Crippen LogP contribution in [0.1, 0.15) is 37.2 Å². The molecule has 0 saturated carbocycles. The van der Waals surface area contributed by atoms with Crippen molar-refractivity contribution in [2.45, 2.75) is 32.1 Å². The molecule has 0 aliphatic heterocycles. The second-order valence-corrected chi connectivity index (χ2v) is 5.79. The maximum atomic E-state index is 12.1. The molecule has 140 valence electrons. The third kappa shape index (κ3) is 6.27. The topological polar surface area (TPSA) is 63.2 Å². The van der Waals surface area contributed by atoms with E-state index in [1.54, 1.807) is 31.3 Å². The van der Waals surface area contributed by atoms with Crippen molar-refractivity contribution in [3.05, 3.63) is 59.9 Å². The normalized spacial score (nSPS) is 13.6. The first kappa shape index (κ1) is 19.6. The van der Waals surface area contributed by atoms with Gasteiger partial charge in [-0.1, -0.05) is 18.2 Å². The third-order valence-electron chi connectivity index (χ3n) is 3.61. The Morgan fingerprint density at radius 2 is 1.73 bits per heavy atom. The van der Waals surface area contributed by atoms with Crippen molar-refractivity contribution in [2.75, 3.05) is 6.61 Å². The van der Waals surface area contributed by atoms with Crippen LogP contribution in [0.25, 0.3) is 0 Å². The Balaban J connectivity index is 1.86. The Morgan fingerprint density at radius 1 is 1.08 bits per heavy atom. The first-order valence-electron chi connectivity index (χ1n) is 8.02. The van der Waals surface area contributed by atoms with Crippen molar-refractivity contribution in [1.82, 2.24) is 15.6 Å². The summed E-state index contributed by atoms with van der Waals surface area (Å²) in [5, 5.41) is 5.56. The number of urea groups is 1. The molecule has 0 saturated heterocycles. The van der Waals surface area contributed by atoms with Crippen LogP contribution in [0.4, 0.5) is 18.0 Å². The zero-order valence-corrected chi connectivity index (χ0v) is 14.4. The highest BCUT2D eigenvalue weighted by molar-refractivity contribution is 5.74. The highest BCUT2D eigenvalue weighted by Crippen LogP contribution is 2.21. The number of halogens is 3. The molecule has 1 aromatic carbocycles. The van der Waals surface area contributed by atoms with Gasteiger partial charge in [-0.05, 0) is 43.7 Å². The fourth-order valence-electron chi connectivity index (χ4n) is 2.24. The first-order chi connectivity index (χ1) is 12.2.